The van der Waals surface area contributed by atoms with E-state index in [0.717, 1.165) is 12.0 Å². The fourth-order valence-electron chi connectivity index (χ4n) is 3.33. The van der Waals surface area contributed by atoms with E-state index < -0.39 is 0 Å². The van der Waals surface area contributed by atoms with Crippen LogP contribution in [0, 0.1) is 22.6 Å². The smallest absolute Gasteiger partial charge is 0.123 e. The first-order valence-corrected chi connectivity index (χ1v) is 6.27. The number of rotatable bonds is 3. The fourth-order valence-corrected chi connectivity index (χ4v) is 3.33. The second-order valence-corrected chi connectivity index (χ2v) is 6.42. The van der Waals surface area contributed by atoms with Gasteiger partial charge in [-0.25, -0.2) is 4.39 Å². The molecule has 1 aromatic rings. The molecule has 1 aromatic carbocycles. The molecule has 0 saturated heterocycles. The highest BCUT2D eigenvalue weighted by atomic mass is 19.1. The molecule has 1 fully saturated rings. The zero-order valence-electron chi connectivity index (χ0n) is 11.1. The molecule has 1 atom stereocenters. The summed E-state index contributed by atoms with van der Waals surface area (Å²) < 4.78 is 12.8. The molecule has 94 valence electrons. The van der Waals surface area contributed by atoms with Gasteiger partial charge in [0.2, 0.25) is 0 Å². The first-order chi connectivity index (χ1) is 7.76. The van der Waals surface area contributed by atoms with Crippen LogP contribution in [0.15, 0.2) is 24.3 Å². The largest absolute Gasteiger partial charge is 0.327 e. The standard InChI is InChI=1S/C15H22FN/c1-14(2)13(15(14,3)4)12(17)9-10-5-7-11(16)8-6-10/h5-8,12-13H,9,17H2,1-4H3. The number of hydrogen-bond donors (Lipinski definition) is 1. The van der Waals surface area contributed by atoms with E-state index in [9.17, 15) is 4.39 Å². The predicted molar refractivity (Wildman–Crippen MR) is 69.1 cm³/mol. The Morgan fingerprint density at radius 2 is 1.59 bits per heavy atom. The van der Waals surface area contributed by atoms with E-state index in [-0.39, 0.29) is 11.9 Å². The van der Waals surface area contributed by atoms with E-state index in [1.165, 1.54) is 12.1 Å². The van der Waals surface area contributed by atoms with E-state index in [0.29, 0.717) is 16.7 Å². The van der Waals surface area contributed by atoms with Crippen LogP contribution in [0.3, 0.4) is 0 Å². The first-order valence-electron chi connectivity index (χ1n) is 6.27. The average molecular weight is 235 g/mol. The molecular formula is C15H22FN. The third kappa shape index (κ3) is 1.99. The van der Waals surface area contributed by atoms with Crippen molar-refractivity contribution in [1.82, 2.24) is 0 Å². The maximum Gasteiger partial charge on any atom is 0.123 e. The van der Waals surface area contributed by atoms with Crippen LogP contribution in [0.5, 0.6) is 0 Å². The van der Waals surface area contributed by atoms with Crippen LogP contribution < -0.4 is 5.73 Å². The van der Waals surface area contributed by atoms with Crippen LogP contribution in [0.25, 0.3) is 0 Å². The van der Waals surface area contributed by atoms with Crippen molar-refractivity contribution >= 4 is 0 Å². The topological polar surface area (TPSA) is 26.0 Å². The molecule has 1 nitrogen and oxygen atoms in total. The highest BCUT2D eigenvalue weighted by Gasteiger charge is 2.66. The van der Waals surface area contributed by atoms with Crippen molar-refractivity contribution in [3.63, 3.8) is 0 Å². The summed E-state index contributed by atoms with van der Waals surface area (Å²) in [4.78, 5) is 0. The van der Waals surface area contributed by atoms with Gasteiger partial charge in [-0.15, -0.1) is 0 Å². The molecular weight excluding hydrogens is 213 g/mol. The molecule has 0 radical (unpaired) electrons. The quantitative estimate of drug-likeness (QED) is 0.854. The first kappa shape index (κ1) is 12.6. The Kier molecular flexibility index (Phi) is 2.81. The maximum absolute atomic E-state index is 12.8. The van der Waals surface area contributed by atoms with Gasteiger partial charge in [0.25, 0.3) is 0 Å². The van der Waals surface area contributed by atoms with Crippen LogP contribution in [0.4, 0.5) is 4.39 Å². The molecule has 17 heavy (non-hydrogen) atoms. The Hall–Kier alpha value is -0.890. The van der Waals surface area contributed by atoms with Crippen LogP contribution in [0.1, 0.15) is 33.3 Å². The molecule has 1 saturated carbocycles. The Bertz CT molecular complexity index is 391. The lowest BCUT2D eigenvalue weighted by Gasteiger charge is -2.14. The predicted octanol–water partition coefficient (Wildman–Crippen LogP) is 3.38. The number of benzene rings is 1. The van der Waals surface area contributed by atoms with Crippen molar-refractivity contribution in [3.05, 3.63) is 35.6 Å². The minimum atomic E-state index is -0.186. The zero-order chi connectivity index (χ0) is 12.8. The summed E-state index contributed by atoms with van der Waals surface area (Å²) >= 11 is 0. The van der Waals surface area contributed by atoms with Gasteiger partial charge in [-0.2, -0.15) is 0 Å². The van der Waals surface area contributed by atoms with Crippen LogP contribution in [0.2, 0.25) is 0 Å². The van der Waals surface area contributed by atoms with E-state index in [2.05, 4.69) is 27.7 Å². The number of nitrogens with two attached hydrogens (primary N) is 1. The molecule has 1 aliphatic carbocycles. The molecule has 0 spiro atoms. The Morgan fingerprint density at radius 3 is 2.00 bits per heavy atom. The van der Waals surface area contributed by atoms with Crippen molar-refractivity contribution in [1.29, 1.82) is 0 Å². The van der Waals surface area contributed by atoms with E-state index in [1.807, 2.05) is 12.1 Å². The molecule has 0 aromatic heterocycles. The normalized spacial score (nSPS) is 23.4. The second-order valence-electron chi connectivity index (χ2n) is 6.42. The maximum atomic E-state index is 12.8. The minimum Gasteiger partial charge on any atom is -0.327 e. The molecule has 0 amide bonds. The van der Waals surface area contributed by atoms with Crippen LogP contribution >= 0.6 is 0 Å². The van der Waals surface area contributed by atoms with Gasteiger partial charge in [0, 0.05) is 6.04 Å². The molecule has 0 heterocycles. The monoisotopic (exact) mass is 235 g/mol. The molecule has 1 aliphatic rings. The van der Waals surface area contributed by atoms with Gasteiger partial charge in [-0.05, 0) is 40.9 Å². The lowest BCUT2D eigenvalue weighted by Crippen LogP contribution is -2.28. The van der Waals surface area contributed by atoms with Gasteiger partial charge >= 0.3 is 0 Å². The average Bonchev–Trinajstić information content (AvgIpc) is 2.61. The van der Waals surface area contributed by atoms with E-state index in [4.69, 9.17) is 5.73 Å². The van der Waals surface area contributed by atoms with Gasteiger partial charge in [0.05, 0.1) is 0 Å². The zero-order valence-corrected chi connectivity index (χ0v) is 11.1. The van der Waals surface area contributed by atoms with Gasteiger partial charge in [-0.3, -0.25) is 0 Å². The van der Waals surface area contributed by atoms with Gasteiger partial charge in [0.1, 0.15) is 5.82 Å². The summed E-state index contributed by atoms with van der Waals surface area (Å²) in [5, 5.41) is 0. The van der Waals surface area contributed by atoms with Crippen molar-refractivity contribution in [3.8, 4) is 0 Å². The van der Waals surface area contributed by atoms with Gasteiger partial charge in [0.15, 0.2) is 0 Å². The Labute approximate surface area is 103 Å². The summed E-state index contributed by atoms with van der Waals surface area (Å²) in [6.45, 7) is 9.12. The van der Waals surface area contributed by atoms with Gasteiger partial charge < -0.3 is 5.73 Å². The third-order valence-corrected chi connectivity index (χ3v) is 4.95. The fraction of sp³-hybridized carbons (Fsp3) is 0.600. The van der Waals surface area contributed by atoms with E-state index in [1.54, 1.807) is 0 Å². The highest BCUT2D eigenvalue weighted by molar-refractivity contribution is 5.21. The van der Waals surface area contributed by atoms with Crippen LogP contribution in [-0.4, -0.2) is 6.04 Å². The summed E-state index contributed by atoms with van der Waals surface area (Å²) in [6, 6.07) is 6.83. The third-order valence-electron chi connectivity index (χ3n) is 4.95. The highest BCUT2D eigenvalue weighted by Crippen LogP contribution is 2.69. The molecule has 2 rings (SSSR count). The lowest BCUT2D eigenvalue weighted by molar-refractivity contribution is 0.457. The summed E-state index contributed by atoms with van der Waals surface area (Å²) in [6.07, 6.45) is 0.831. The van der Waals surface area contributed by atoms with Crippen molar-refractivity contribution in [2.45, 2.75) is 40.2 Å². The molecule has 0 aliphatic heterocycles. The lowest BCUT2D eigenvalue weighted by atomic mass is 9.98. The number of halogens is 1. The molecule has 0 bridgehead atoms. The summed E-state index contributed by atoms with van der Waals surface area (Å²) in [7, 11) is 0. The molecule has 2 N–H and O–H groups in total. The summed E-state index contributed by atoms with van der Waals surface area (Å²) in [5.74, 6) is 0.356. The molecule has 1 unspecified atom stereocenters. The van der Waals surface area contributed by atoms with Gasteiger partial charge in [-0.1, -0.05) is 39.8 Å². The van der Waals surface area contributed by atoms with Crippen molar-refractivity contribution < 1.29 is 4.39 Å². The number of hydrogen-bond acceptors (Lipinski definition) is 1. The van der Waals surface area contributed by atoms with Crippen molar-refractivity contribution in [2.24, 2.45) is 22.5 Å². The minimum absolute atomic E-state index is 0.158. The molecule has 2 heteroatoms. The van der Waals surface area contributed by atoms with Crippen molar-refractivity contribution in [2.75, 3.05) is 0 Å². The van der Waals surface area contributed by atoms with E-state index >= 15 is 0 Å². The Morgan fingerprint density at radius 1 is 1.12 bits per heavy atom. The van der Waals surface area contributed by atoms with Crippen LogP contribution in [-0.2, 0) is 6.42 Å². The summed E-state index contributed by atoms with van der Waals surface area (Å²) in [5.41, 5.74) is 8.05. The SMILES string of the molecule is CC1(C)C(C(N)Cc2ccc(F)cc2)C1(C)C. The Balaban J connectivity index is 2.04. The second kappa shape index (κ2) is 3.81.